The van der Waals surface area contributed by atoms with Crippen LogP contribution in [0.4, 0.5) is 5.69 Å². The van der Waals surface area contributed by atoms with Crippen LogP contribution in [0.25, 0.3) is 12.2 Å². The molecule has 3 aromatic rings. The molecular weight excluding hydrogens is 457 g/mol. The number of nitrogens with one attached hydrogen (secondary N) is 1. The number of hydrogen-bond acceptors (Lipinski definition) is 2. The van der Waals surface area contributed by atoms with E-state index in [1.165, 1.54) is 21.5 Å². The molecule has 1 aliphatic rings. The molecule has 1 heterocycles. The van der Waals surface area contributed by atoms with Crippen LogP contribution in [0.2, 0.25) is 39.3 Å². The van der Waals surface area contributed by atoms with E-state index in [2.05, 4.69) is 159 Å². The molecule has 4 heteroatoms. The van der Waals surface area contributed by atoms with E-state index in [4.69, 9.17) is 0 Å². The maximum atomic E-state index is 3.61. The minimum Gasteiger partial charge on any atom is -0.298 e. The zero-order valence-corrected chi connectivity index (χ0v) is 23.9. The standard InChI is InChI=1S/C31H38N2Si2/c1-34(2,3)30-21-17-25(18-22-30)16-20-29-24-27(32-33(29)28-12-8-7-9-13-28)19-15-26-11-10-14-31(23-26)35(4,5)6/h7-24,29,32H,1-6H3. The van der Waals surface area contributed by atoms with Gasteiger partial charge in [0.25, 0.3) is 0 Å². The first kappa shape index (κ1) is 25.0. The lowest BCUT2D eigenvalue weighted by molar-refractivity contribution is 0.758. The first-order valence-corrected chi connectivity index (χ1v) is 19.5. The Hall–Kier alpha value is -3.09. The molecular formula is C31H38N2Si2. The summed E-state index contributed by atoms with van der Waals surface area (Å²) in [4.78, 5) is 0. The molecule has 0 aliphatic carbocycles. The fourth-order valence-electron chi connectivity index (χ4n) is 4.17. The molecule has 0 saturated carbocycles. The van der Waals surface area contributed by atoms with Crippen LogP contribution in [0, 0.1) is 0 Å². The predicted molar refractivity (Wildman–Crippen MR) is 161 cm³/mol. The van der Waals surface area contributed by atoms with Crippen molar-refractivity contribution in [2.75, 3.05) is 5.01 Å². The Labute approximate surface area is 213 Å². The summed E-state index contributed by atoms with van der Waals surface area (Å²) in [6.45, 7) is 14.3. The summed E-state index contributed by atoms with van der Waals surface area (Å²) in [6, 6.07) is 28.7. The van der Waals surface area contributed by atoms with E-state index in [0.29, 0.717) is 0 Å². The van der Waals surface area contributed by atoms with E-state index in [-0.39, 0.29) is 6.04 Å². The zero-order chi connectivity index (χ0) is 25.1. The summed E-state index contributed by atoms with van der Waals surface area (Å²) in [5.41, 5.74) is 8.35. The van der Waals surface area contributed by atoms with Crippen molar-refractivity contribution in [3.8, 4) is 0 Å². The largest absolute Gasteiger partial charge is 0.298 e. The zero-order valence-electron chi connectivity index (χ0n) is 21.9. The van der Waals surface area contributed by atoms with Crippen molar-refractivity contribution >= 4 is 44.4 Å². The highest BCUT2D eigenvalue weighted by Crippen LogP contribution is 2.23. The van der Waals surface area contributed by atoms with Crippen LogP contribution in [0.1, 0.15) is 11.1 Å². The normalized spacial score (nSPS) is 16.7. The van der Waals surface area contributed by atoms with Crippen LogP contribution in [-0.4, -0.2) is 22.2 Å². The van der Waals surface area contributed by atoms with Gasteiger partial charge in [0.15, 0.2) is 0 Å². The lowest BCUT2D eigenvalue weighted by Crippen LogP contribution is -2.37. The number of hydrogen-bond donors (Lipinski definition) is 1. The fraction of sp³-hybridized carbons (Fsp3) is 0.226. The van der Waals surface area contributed by atoms with Crippen LogP contribution in [-0.2, 0) is 0 Å². The molecule has 1 N–H and O–H groups in total. The summed E-state index contributed by atoms with van der Waals surface area (Å²) >= 11 is 0. The molecule has 1 aliphatic heterocycles. The summed E-state index contributed by atoms with van der Waals surface area (Å²) in [7, 11) is -2.61. The van der Waals surface area contributed by atoms with E-state index in [9.17, 15) is 0 Å². The Morgan fingerprint density at radius 2 is 1.34 bits per heavy atom. The molecule has 1 atom stereocenters. The minimum absolute atomic E-state index is 0.127. The lowest BCUT2D eigenvalue weighted by Gasteiger charge is -2.25. The van der Waals surface area contributed by atoms with Gasteiger partial charge in [-0.2, -0.15) is 0 Å². The maximum Gasteiger partial charge on any atom is 0.0892 e. The number of nitrogens with zero attached hydrogens (tertiary/aromatic N) is 1. The summed E-state index contributed by atoms with van der Waals surface area (Å²) < 4.78 is 0. The molecule has 180 valence electrons. The lowest BCUT2D eigenvalue weighted by atomic mass is 10.1. The second-order valence-electron chi connectivity index (χ2n) is 11.4. The summed E-state index contributed by atoms with van der Waals surface area (Å²) in [5, 5.41) is 5.21. The average molecular weight is 495 g/mol. The smallest absolute Gasteiger partial charge is 0.0892 e. The maximum absolute atomic E-state index is 3.61. The van der Waals surface area contributed by atoms with Crippen LogP contribution in [0.3, 0.4) is 0 Å². The Morgan fingerprint density at radius 1 is 0.657 bits per heavy atom. The molecule has 3 aromatic carbocycles. The molecule has 35 heavy (non-hydrogen) atoms. The van der Waals surface area contributed by atoms with Crippen molar-refractivity contribution in [1.29, 1.82) is 0 Å². The third-order valence-corrected chi connectivity index (χ3v) is 10.5. The molecule has 1 unspecified atom stereocenters. The van der Waals surface area contributed by atoms with Crippen LogP contribution < -0.4 is 20.8 Å². The van der Waals surface area contributed by atoms with Gasteiger partial charge in [0.1, 0.15) is 0 Å². The van der Waals surface area contributed by atoms with Gasteiger partial charge < -0.3 is 0 Å². The Bertz CT molecular complexity index is 1230. The monoisotopic (exact) mass is 494 g/mol. The van der Waals surface area contributed by atoms with E-state index < -0.39 is 16.1 Å². The van der Waals surface area contributed by atoms with Gasteiger partial charge in [0, 0.05) is 0 Å². The average Bonchev–Trinajstić information content (AvgIpc) is 3.24. The molecule has 0 spiro atoms. The van der Waals surface area contributed by atoms with Gasteiger partial charge in [-0.3, -0.25) is 10.4 Å². The molecule has 0 saturated heterocycles. The number of benzene rings is 3. The first-order chi connectivity index (χ1) is 16.6. The number of anilines is 1. The highest BCUT2D eigenvalue weighted by molar-refractivity contribution is 6.89. The van der Waals surface area contributed by atoms with Gasteiger partial charge in [-0.05, 0) is 35.4 Å². The second-order valence-corrected chi connectivity index (χ2v) is 21.5. The van der Waals surface area contributed by atoms with Crippen molar-refractivity contribution in [1.82, 2.24) is 5.43 Å². The quantitative estimate of drug-likeness (QED) is 0.364. The van der Waals surface area contributed by atoms with E-state index in [1.807, 2.05) is 0 Å². The summed E-state index contributed by atoms with van der Waals surface area (Å²) in [6.07, 6.45) is 11.2. The molecule has 0 radical (unpaired) electrons. The first-order valence-electron chi connectivity index (χ1n) is 12.5. The minimum atomic E-state index is -1.33. The van der Waals surface area contributed by atoms with Crippen LogP contribution in [0.5, 0.6) is 0 Å². The van der Waals surface area contributed by atoms with E-state index >= 15 is 0 Å². The topological polar surface area (TPSA) is 15.3 Å². The molecule has 2 nitrogen and oxygen atoms in total. The number of allylic oxidation sites excluding steroid dienone is 1. The Kier molecular flexibility index (Phi) is 7.34. The van der Waals surface area contributed by atoms with Gasteiger partial charge in [-0.25, -0.2) is 0 Å². The number of para-hydroxylation sites is 1. The summed E-state index contributed by atoms with van der Waals surface area (Å²) in [5.74, 6) is 0. The van der Waals surface area contributed by atoms with Crippen molar-refractivity contribution in [3.63, 3.8) is 0 Å². The highest BCUT2D eigenvalue weighted by Gasteiger charge is 2.22. The Balaban J connectivity index is 1.57. The molecule has 0 aromatic heterocycles. The van der Waals surface area contributed by atoms with Crippen LogP contribution in [0.15, 0.2) is 103 Å². The van der Waals surface area contributed by atoms with Gasteiger partial charge in [-0.1, -0.05) is 135 Å². The van der Waals surface area contributed by atoms with Crippen molar-refractivity contribution in [3.05, 3.63) is 114 Å². The van der Waals surface area contributed by atoms with Crippen LogP contribution >= 0.6 is 0 Å². The number of rotatable bonds is 7. The van der Waals surface area contributed by atoms with E-state index in [1.54, 1.807) is 0 Å². The van der Waals surface area contributed by atoms with E-state index in [0.717, 1.165) is 11.4 Å². The van der Waals surface area contributed by atoms with Crippen molar-refractivity contribution < 1.29 is 0 Å². The second kappa shape index (κ2) is 10.3. The van der Waals surface area contributed by atoms with Gasteiger partial charge in [0.05, 0.1) is 33.6 Å². The van der Waals surface area contributed by atoms with Crippen molar-refractivity contribution in [2.45, 2.75) is 45.3 Å². The fourth-order valence-corrected chi connectivity index (χ4v) is 6.53. The van der Waals surface area contributed by atoms with Gasteiger partial charge >= 0.3 is 0 Å². The van der Waals surface area contributed by atoms with Gasteiger partial charge in [-0.15, -0.1) is 0 Å². The SMILES string of the molecule is C[Si](C)(C)c1ccc(C=CC2C=C(C=Cc3cccc([Si](C)(C)C)c3)NN2c2ccccc2)cc1. The third-order valence-electron chi connectivity index (χ3n) is 6.40. The third kappa shape index (κ3) is 6.53. The highest BCUT2D eigenvalue weighted by atomic mass is 28.3. The van der Waals surface area contributed by atoms with Crippen molar-refractivity contribution in [2.24, 2.45) is 0 Å². The predicted octanol–water partition coefficient (Wildman–Crippen LogP) is 6.78. The Morgan fingerprint density at radius 3 is 2.00 bits per heavy atom. The number of hydrazine groups is 1. The molecule has 0 bridgehead atoms. The molecule has 4 rings (SSSR count). The van der Waals surface area contributed by atoms with Gasteiger partial charge in [0.2, 0.25) is 0 Å². The molecule has 0 amide bonds. The molecule has 0 fully saturated rings.